The van der Waals surface area contributed by atoms with E-state index < -0.39 is 12.8 Å². The molecule has 0 N–H and O–H groups in total. The van der Waals surface area contributed by atoms with Gasteiger partial charge in [-0.05, 0) is 11.5 Å². The second-order valence-electron chi connectivity index (χ2n) is 2.58. The van der Waals surface area contributed by atoms with Crippen molar-refractivity contribution in [3.05, 3.63) is 0 Å². The van der Waals surface area contributed by atoms with E-state index in [9.17, 15) is 12.9 Å². The molecule has 0 unspecified atom stereocenters. The van der Waals surface area contributed by atoms with Crippen LogP contribution in [0.25, 0.3) is 0 Å². The van der Waals surface area contributed by atoms with E-state index in [1.807, 2.05) is 0 Å². The van der Waals surface area contributed by atoms with Crippen LogP contribution >= 0.6 is 11.8 Å². The Hall–Kier alpha value is 1.84. The van der Waals surface area contributed by atoms with Crippen molar-refractivity contribution in [1.82, 2.24) is 0 Å². The average Bonchev–Trinajstić information content (AvgIpc) is 1.88. The molecule has 0 aliphatic carbocycles. The molecule has 0 spiro atoms. The Bertz CT molecular complexity index is 113. The molecule has 0 nitrogen and oxygen atoms in total. The zero-order valence-electron chi connectivity index (χ0n) is 6.53. The van der Waals surface area contributed by atoms with E-state index in [0.717, 1.165) is 0 Å². The van der Waals surface area contributed by atoms with Gasteiger partial charge in [0.25, 0.3) is 0 Å². The first kappa shape index (κ1) is 12.8. The van der Waals surface area contributed by atoms with Gasteiger partial charge in [-0.3, -0.25) is 0 Å². The van der Waals surface area contributed by atoms with Gasteiger partial charge in [-0.2, -0.15) is 11.8 Å². The first-order chi connectivity index (χ1) is 4.61. The molecule has 0 aromatic heterocycles. The van der Waals surface area contributed by atoms with Crippen LogP contribution in [0, 0.1) is 0 Å². The van der Waals surface area contributed by atoms with Gasteiger partial charge in [0.05, 0.1) is 0 Å². The van der Waals surface area contributed by atoms with Crippen LogP contribution in [-0.2, 0) is 0 Å². The summed E-state index contributed by atoms with van der Waals surface area (Å²) < 4.78 is 36.0. The van der Waals surface area contributed by atoms with E-state index in [0.29, 0.717) is 24.3 Å². The van der Waals surface area contributed by atoms with Crippen LogP contribution in [-0.4, -0.2) is 18.5 Å². The van der Waals surface area contributed by atoms with Gasteiger partial charge in [-0.25, -0.2) is 0 Å². The van der Waals surface area contributed by atoms with Crippen LogP contribution in [0.4, 0.5) is 12.9 Å². The van der Waals surface area contributed by atoms with Gasteiger partial charge in [0, 0.05) is 0 Å². The summed E-state index contributed by atoms with van der Waals surface area (Å²) in [5, 5.41) is 0. The SMILES string of the molecule is F[B-](F)(F)C1CCSCC1.[K+]. The van der Waals surface area contributed by atoms with Gasteiger partial charge in [0.1, 0.15) is 0 Å². The van der Waals surface area contributed by atoms with Crippen molar-refractivity contribution in [3.8, 4) is 0 Å². The molecular formula is C5H9BF3KS. The zero-order chi connectivity index (χ0) is 7.61. The van der Waals surface area contributed by atoms with Crippen molar-refractivity contribution in [1.29, 1.82) is 0 Å². The second-order valence-corrected chi connectivity index (χ2v) is 3.80. The Morgan fingerprint density at radius 1 is 1.09 bits per heavy atom. The summed E-state index contributed by atoms with van der Waals surface area (Å²) in [6.07, 6.45) is 0.683. The summed E-state index contributed by atoms with van der Waals surface area (Å²) in [6.45, 7) is -4.54. The van der Waals surface area contributed by atoms with E-state index in [2.05, 4.69) is 0 Å². The maximum Gasteiger partial charge on any atom is 1.00 e. The van der Waals surface area contributed by atoms with E-state index in [1.165, 1.54) is 0 Å². The van der Waals surface area contributed by atoms with Gasteiger partial charge >= 0.3 is 58.4 Å². The monoisotopic (exact) mass is 208 g/mol. The Morgan fingerprint density at radius 3 is 1.82 bits per heavy atom. The fourth-order valence-corrected chi connectivity index (χ4v) is 2.24. The molecule has 0 atom stereocenters. The predicted octanol–water partition coefficient (Wildman–Crippen LogP) is -0.265. The van der Waals surface area contributed by atoms with E-state index >= 15 is 0 Å². The first-order valence-corrected chi connectivity index (χ1v) is 4.54. The molecule has 1 aliphatic rings. The molecule has 0 radical (unpaired) electrons. The van der Waals surface area contributed by atoms with Crippen molar-refractivity contribution < 1.29 is 64.3 Å². The molecule has 6 heteroatoms. The summed E-state index contributed by atoms with van der Waals surface area (Å²) in [6, 6.07) is 0. The third-order valence-corrected chi connectivity index (χ3v) is 2.85. The van der Waals surface area contributed by atoms with Gasteiger partial charge < -0.3 is 12.9 Å². The summed E-state index contributed by atoms with van der Waals surface area (Å²) >= 11 is 1.62. The minimum atomic E-state index is -4.54. The normalized spacial score (nSPS) is 21.0. The molecule has 1 heterocycles. The van der Waals surface area contributed by atoms with E-state index in [4.69, 9.17) is 0 Å². The third kappa shape index (κ3) is 4.57. The van der Waals surface area contributed by atoms with Crippen molar-refractivity contribution in [3.63, 3.8) is 0 Å². The Morgan fingerprint density at radius 2 is 1.55 bits per heavy atom. The molecule has 1 aliphatic heterocycles. The minimum Gasteiger partial charge on any atom is -0.449 e. The van der Waals surface area contributed by atoms with Crippen LogP contribution in [0.3, 0.4) is 0 Å². The summed E-state index contributed by atoms with van der Waals surface area (Å²) in [5.41, 5.74) is 0. The fourth-order valence-electron chi connectivity index (χ4n) is 1.09. The van der Waals surface area contributed by atoms with Gasteiger partial charge in [-0.1, -0.05) is 18.7 Å². The minimum absolute atomic E-state index is 0. The standard InChI is InChI=1S/C5H9BF3S.K/c7-6(8,9)5-1-3-10-4-2-5;/h5H,1-4H2;/q-1;+1. The molecule has 0 aromatic rings. The molecule has 1 saturated heterocycles. The van der Waals surface area contributed by atoms with Crippen LogP contribution in [0.5, 0.6) is 0 Å². The van der Waals surface area contributed by atoms with Gasteiger partial charge in [-0.15, -0.1) is 0 Å². The molecule has 0 bridgehead atoms. The molecule has 60 valence electrons. The van der Waals surface area contributed by atoms with E-state index in [1.54, 1.807) is 11.8 Å². The number of rotatable bonds is 1. The molecular weight excluding hydrogens is 199 g/mol. The molecule has 0 saturated carbocycles. The van der Waals surface area contributed by atoms with E-state index in [-0.39, 0.29) is 51.4 Å². The molecule has 0 amide bonds. The maximum absolute atomic E-state index is 12.0. The van der Waals surface area contributed by atoms with Crippen molar-refractivity contribution in [2.24, 2.45) is 0 Å². The predicted molar refractivity (Wildman–Crippen MR) is 39.4 cm³/mol. The summed E-state index contributed by atoms with van der Waals surface area (Å²) in [7, 11) is 0. The number of hydrogen-bond acceptors (Lipinski definition) is 1. The van der Waals surface area contributed by atoms with Gasteiger partial charge in [0.2, 0.25) is 0 Å². The van der Waals surface area contributed by atoms with Crippen molar-refractivity contribution >= 4 is 18.7 Å². The quantitative estimate of drug-likeness (QED) is 0.535. The smallest absolute Gasteiger partial charge is 0.449 e. The van der Waals surface area contributed by atoms with Crippen LogP contribution in [0.2, 0.25) is 5.82 Å². The Balaban J connectivity index is 0.000001000. The zero-order valence-corrected chi connectivity index (χ0v) is 10.5. The molecule has 0 aromatic carbocycles. The van der Waals surface area contributed by atoms with Crippen LogP contribution in [0.15, 0.2) is 0 Å². The number of thioether (sulfide) groups is 1. The van der Waals surface area contributed by atoms with Crippen molar-refractivity contribution in [2.75, 3.05) is 11.5 Å². The Kier molecular flexibility index (Phi) is 6.47. The third-order valence-electron chi connectivity index (χ3n) is 1.80. The van der Waals surface area contributed by atoms with Crippen LogP contribution < -0.4 is 51.4 Å². The van der Waals surface area contributed by atoms with Gasteiger partial charge in [0.15, 0.2) is 0 Å². The Labute approximate surface area is 112 Å². The summed E-state index contributed by atoms with van der Waals surface area (Å²) in [5.74, 6) is 0.416. The molecule has 1 fully saturated rings. The number of hydrogen-bond donors (Lipinski definition) is 0. The fraction of sp³-hybridized carbons (Fsp3) is 1.00. The topological polar surface area (TPSA) is 0 Å². The van der Waals surface area contributed by atoms with Crippen LogP contribution in [0.1, 0.15) is 12.8 Å². The summed E-state index contributed by atoms with van der Waals surface area (Å²) in [4.78, 5) is 0. The average molecular weight is 208 g/mol. The molecule has 11 heavy (non-hydrogen) atoms. The first-order valence-electron chi connectivity index (χ1n) is 3.38. The maximum atomic E-state index is 12.0. The molecule has 1 rings (SSSR count). The van der Waals surface area contributed by atoms with Crippen molar-refractivity contribution in [2.45, 2.75) is 18.7 Å². The largest absolute Gasteiger partial charge is 1.00 e. The second kappa shape index (κ2) is 5.55. The number of halogens is 3.